The minimum atomic E-state index is -0.853. The second kappa shape index (κ2) is 18.3. The number of hydrogen-bond donors (Lipinski definition) is 3. The maximum absolute atomic E-state index is 14.7. The molecular weight excluding hydrogens is 743 g/mol. The Balaban J connectivity index is 1.31. The van der Waals surface area contributed by atoms with E-state index >= 15 is 0 Å². The molecule has 3 aromatic carbocycles. The topological polar surface area (TPSA) is 122 Å². The summed E-state index contributed by atoms with van der Waals surface area (Å²) in [4.78, 5) is 45.8. The number of ether oxygens (including phenoxy) is 1. The molecule has 3 aliphatic carbocycles. The molecule has 3 N–H and O–H groups in total. The van der Waals surface area contributed by atoms with Gasteiger partial charge in [0.2, 0.25) is 5.91 Å². The number of methoxy groups -OCH3 is 1. The average molecular weight is 810 g/mol. The third-order valence-corrected chi connectivity index (χ3v) is 13.3. The first-order valence-electron chi connectivity index (χ1n) is 21.1. The van der Waals surface area contributed by atoms with Crippen molar-refractivity contribution in [3.8, 4) is 16.9 Å². The summed E-state index contributed by atoms with van der Waals surface area (Å²) in [7, 11) is 13.3. The van der Waals surface area contributed by atoms with E-state index in [0.29, 0.717) is 35.6 Å². The lowest BCUT2D eigenvalue weighted by molar-refractivity contribution is -0.175. The van der Waals surface area contributed by atoms with Crippen LogP contribution in [0.1, 0.15) is 62.0 Å². The van der Waals surface area contributed by atoms with Crippen LogP contribution in [-0.4, -0.2) is 125 Å². The predicted octanol–water partition coefficient (Wildman–Crippen LogP) is 5.55. The van der Waals surface area contributed by atoms with Gasteiger partial charge in [-0.15, -0.1) is 0 Å². The van der Waals surface area contributed by atoms with Crippen molar-refractivity contribution in [2.75, 3.05) is 67.4 Å². The van der Waals surface area contributed by atoms with Gasteiger partial charge in [-0.3, -0.25) is 19.4 Å². The first-order chi connectivity index (χ1) is 28.0. The highest BCUT2D eigenvalue weighted by Gasteiger charge is 2.57. The zero-order valence-corrected chi connectivity index (χ0v) is 37.0. The molecule has 1 saturated heterocycles. The highest BCUT2D eigenvalue weighted by atomic mass is 16.7. The number of anilines is 1. The Labute approximate surface area is 351 Å². The monoisotopic (exact) mass is 810 g/mol. The summed E-state index contributed by atoms with van der Waals surface area (Å²) in [5, 5.41) is 19.7. The number of benzene rings is 3. The number of nitrogens with zero attached hydrogens (tertiary/aromatic N) is 5. The summed E-state index contributed by atoms with van der Waals surface area (Å²) < 4.78 is 6.18. The number of aliphatic hydroxyl groups is 1. The smallest absolute Gasteiger partial charge is 0.251 e. The maximum atomic E-state index is 14.7. The molecule has 4 fully saturated rings. The molecular formula is C47H67N7O5. The van der Waals surface area contributed by atoms with Gasteiger partial charge in [-0.25, -0.2) is 0 Å². The minimum absolute atomic E-state index is 0.0495. The van der Waals surface area contributed by atoms with Crippen LogP contribution in [-0.2, 0) is 22.6 Å². The van der Waals surface area contributed by atoms with Crippen LogP contribution in [0.25, 0.3) is 11.1 Å². The Morgan fingerprint density at radius 1 is 1.00 bits per heavy atom. The summed E-state index contributed by atoms with van der Waals surface area (Å²) >= 11 is 0. The number of hydroxylamine groups is 2. The van der Waals surface area contributed by atoms with E-state index < -0.39 is 24.2 Å². The predicted molar refractivity (Wildman–Crippen MR) is 235 cm³/mol. The Morgan fingerprint density at radius 2 is 1.71 bits per heavy atom. The number of carbonyl (C=O) groups is 2. The third kappa shape index (κ3) is 9.40. The van der Waals surface area contributed by atoms with Crippen molar-refractivity contribution in [3.63, 3.8) is 0 Å². The normalized spacial score (nSPS) is 25.0. The highest BCUT2D eigenvalue weighted by Crippen LogP contribution is 2.61. The van der Waals surface area contributed by atoms with Gasteiger partial charge in [-0.2, -0.15) is 5.06 Å². The lowest BCUT2D eigenvalue weighted by atomic mass is 9.45. The Kier molecular flexibility index (Phi) is 13.6. The number of aliphatic hydroxyl groups excluding tert-OH is 1. The van der Waals surface area contributed by atoms with E-state index in [9.17, 15) is 14.7 Å². The molecule has 3 saturated carbocycles. The van der Waals surface area contributed by atoms with Gasteiger partial charge in [0.1, 0.15) is 17.9 Å². The van der Waals surface area contributed by atoms with Crippen molar-refractivity contribution in [1.82, 2.24) is 25.5 Å². The Bertz CT molecular complexity index is 1950. The summed E-state index contributed by atoms with van der Waals surface area (Å²) in [5.41, 5.74) is 5.29. The molecule has 3 aromatic rings. The number of fused-ring (bicyclic) bond motifs is 2. The average Bonchev–Trinajstić information content (AvgIpc) is 3.56. The SMILES string of the molecule is COc1c(CN2O[C@@H](CN=C(N(C)C)N(C)C)[C@@H]([C@H](C)O)[C@H]2C(=O)N[C@H]2C[C@H]3C[C@@H]([C@@H]2C)C3(C)C)cccc1-c1cc(C(=O)NCCc2ccccc2)cc(N(C)C)c1. The van der Waals surface area contributed by atoms with E-state index in [-0.39, 0.29) is 36.4 Å². The van der Waals surface area contributed by atoms with Crippen molar-refractivity contribution in [2.45, 2.75) is 77.8 Å². The summed E-state index contributed by atoms with van der Waals surface area (Å²) in [6.45, 7) is 9.71. The number of guanidine groups is 1. The van der Waals surface area contributed by atoms with Crippen LogP contribution >= 0.6 is 0 Å². The summed E-state index contributed by atoms with van der Waals surface area (Å²) in [5.74, 6) is 2.00. The molecule has 2 bridgehead atoms. The minimum Gasteiger partial charge on any atom is -0.496 e. The largest absolute Gasteiger partial charge is 0.496 e. The number of carbonyl (C=O) groups excluding carboxylic acids is 2. The van der Waals surface area contributed by atoms with Gasteiger partial charge < -0.3 is 35.2 Å². The highest BCUT2D eigenvalue weighted by molar-refractivity contribution is 5.97. The molecule has 7 rings (SSSR count). The number of aliphatic imine (C=N–C) groups is 1. The third-order valence-electron chi connectivity index (χ3n) is 13.3. The Hall–Kier alpha value is -4.65. The molecule has 0 spiro atoms. The summed E-state index contributed by atoms with van der Waals surface area (Å²) in [6.07, 6.45) is 1.47. The first-order valence-corrected chi connectivity index (χ1v) is 21.1. The molecule has 0 aromatic heterocycles. The number of rotatable bonds is 14. The molecule has 0 radical (unpaired) electrons. The van der Waals surface area contributed by atoms with Gasteiger partial charge in [0.25, 0.3) is 5.91 Å². The van der Waals surface area contributed by atoms with Crippen LogP contribution in [0.15, 0.2) is 71.7 Å². The molecule has 4 aliphatic rings. The number of para-hydroxylation sites is 1. The second-order valence-corrected chi connectivity index (χ2v) is 18.1. The van der Waals surface area contributed by atoms with Crippen molar-refractivity contribution in [1.29, 1.82) is 0 Å². The molecule has 320 valence electrons. The van der Waals surface area contributed by atoms with Crippen LogP contribution < -0.4 is 20.3 Å². The fraction of sp³-hybridized carbons (Fsp3) is 0.553. The lowest BCUT2D eigenvalue weighted by Gasteiger charge is -2.62. The van der Waals surface area contributed by atoms with E-state index in [1.165, 1.54) is 6.42 Å². The number of hydrogen-bond acceptors (Lipinski definition) is 8. The fourth-order valence-electron chi connectivity index (χ4n) is 9.91. The van der Waals surface area contributed by atoms with Gasteiger partial charge in [-0.05, 0) is 78.7 Å². The number of nitrogens with one attached hydrogen (secondary N) is 2. The molecule has 12 heteroatoms. The molecule has 1 heterocycles. The van der Waals surface area contributed by atoms with Gasteiger partial charge in [-0.1, -0.05) is 69.3 Å². The fourth-order valence-corrected chi connectivity index (χ4v) is 9.91. The van der Waals surface area contributed by atoms with E-state index in [0.717, 1.165) is 46.7 Å². The van der Waals surface area contributed by atoms with Crippen molar-refractivity contribution in [3.05, 3.63) is 83.4 Å². The molecule has 1 aliphatic heterocycles. The van der Waals surface area contributed by atoms with Crippen molar-refractivity contribution in [2.24, 2.45) is 34.1 Å². The molecule has 0 unspecified atom stereocenters. The molecule has 59 heavy (non-hydrogen) atoms. The summed E-state index contributed by atoms with van der Waals surface area (Å²) in [6, 6.07) is 21.1. The van der Waals surface area contributed by atoms with E-state index in [4.69, 9.17) is 14.6 Å². The van der Waals surface area contributed by atoms with Crippen LogP contribution in [0, 0.1) is 29.1 Å². The van der Waals surface area contributed by atoms with Gasteiger partial charge in [0.15, 0.2) is 5.96 Å². The zero-order chi connectivity index (χ0) is 42.8. The second-order valence-electron chi connectivity index (χ2n) is 18.1. The van der Waals surface area contributed by atoms with E-state index in [1.807, 2.05) is 112 Å². The van der Waals surface area contributed by atoms with E-state index in [2.05, 4.69) is 43.5 Å². The van der Waals surface area contributed by atoms with Crippen LogP contribution in [0.5, 0.6) is 5.75 Å². The van der Waals surface area contributed by atoms with Crippen molar-refractivity contribution < 1.29 is 24.3 Å². The van der Waals surface area contributed by atoms with Gasteiger partial charge >= 0.3 is 0 Å². The maximum Gasteiger partial charge on any atom is 0.251 e. The van der Waals surface area contributed by atoms with Gasteiger partial charge in [0, 0.05) is 83.2 Å². The van der Waals surface area contributed by atoms with Gasteiger partial charge in [0.05, 0.1) is 26.3 Å². The molecule has 2 amide bonds. The van der Waals surface area contributed by atoms with Crippen LogP contribution in [0.2, 0.25) is 0 Å². The van der Waals surface area contributed by atoms with Crippen LogP contribution in [0.4, 0.5) is 5.69 Å². The standard InChI is InChI=1S/C47H67N7O5/c1-29-38-25-35(47(38,3)4)26-39(29)50-45(57)42-41(30(2)55)40(27-49-46(52(7)8)53(9)10)59-54(42)28-32-18-15-19-37(43(32)58-11)33-22-34(24-36(23-33)51(5)6)44(56)48-21-20-31-16-13-12-14-17-31/h12-19,22-24,29-30,35,38-42,55H,20-21,25-28H2,1-11H3,(H,48,56)(H,50,57)/t29-,30-,35+,38-,39-,40-,41+,42-/m0/s1. The quantitative estimate of drug-likeness (QED) is 0.142. The first kappa shape index (κ1) is 43.9. The van der Waals surface area contributed by atoms with Crippen LogP contribution in [0.3, 0.4) is 0 Å². The Morgan fingerprint density at radius 3 is 2.32 bits per heavy atom. The zero-order valence-electron chi connectivity index (χ0n) is 37.0. The van der Waals surface area contributed by atoms with E-state index in [1.54, 1.807) is 19.1 Å². The number of amides is 2. The van der Waals surface area contributed by atoms with Crippen molar-refractivity contribution >= 4 is 23.5 Å². The molecule has 12 nitrogen and oxygen atoms in total. The molecule has 8 atom stereocenters. The lowest BCUT2D eigenvalue weighted by Crippen LogP contribution is -2.62.